The Hall–Kier alpha value is -2.89. The highest BCUT2D eigenvalue weighted by atomic mass is 16.2. The normalized spacial score (nSPS) is 16.8. The first-order valence-corrected chi connectivity index (χ1v) is 9.52. The molecule has 6 heteroatoms. The molecule has 1 atom stereocenters. The number of imidazole rings is 1. The predicted octanol–water partition coefficient (Wildman–Crippen LogP) is 2.73. The third-order valence-corrected chi connectivity index (χ3v) is 5.48. The Morgan fingerprint density at radius 1 is 1.22 bits per heavy atom. The highest BCUT2D eigenvalue weighted by Crippen LogP contribution is 2.23. The third kappa shape index (κ3) is 3.39. The number of pyridine rings is 1. The van der Waals surface area contributed by atoms with E-state index < -0.39 is 0 Å². The molecule has 2 aromatic heterocycles. The minimum absolute atomic E-state index is 0.134. The molecule has 0 spiro atoms. The number of carbonyl (C=O) groups is 1. The lowest BCUT2D eigenvalue weighted by Gasteiger charge is -2.26. The van der Waals surface area contributed by atoms with Gasteiger partial charge in [-0.15, -0.1) is 0 Å². The molecule has 1 aromatic carbocycles. The average Bonchev–Trinajstić information content (AvgIpc) is 3.33. The van der Waals surface area contributed by atoms with E-state index in [4.69, 9.17) is 0 Å². The van der Waals surface area contributed by atoms with Crippen LogP contribution in [0.5, 0.6) is 0 Å². The molecule has 140 valence electrons. The molecule has 0 radical (unpaired) electrons. The Balaban J connectivity index is 1.48. The lowest BCUT2D eigenvalue weighted by atomic mass is 10.2. The third-order valence-electron chi connectivity index (χ3n) is 5.48. The second kappa shape index (κ2) is 7.39. The molecule has 0 aliphatic carbocycles. The Bertz CT molecular complexity index is 936. The van der Waals surface area contributed by atoms with Gasteiger partial charge in [0, 0.05) is 44.6 Å². The summed E-state index contributed by atoms with van der Waals surface area (Å²) in [6, 6.07) is 12.3. The van der Waals surface area contributed by atoms with Gasteiger partial charge < -0.3 is 14.4 Å². The summed E-state index contributed by atoms with van der Waals surface area (Å²) in [7, 11) is 1.92. The van der Waals surface area contributed by atoms with Gasteiger partial charge in [-0.3, -0.25) is 9.78 Å². The van der Waals surface area contributed by atoms with E-state index in [-0.39, 0.29) is 11.9 Å². The topological polar surface area (TPSA) is 54.3 Å². The number of aromatic nitrogens is 3. The van der Waals surface area contributed by atoms with Crippen LogP contribution in [-0.2, 0) is 17.8 Å². The molecule has 3 aromatic rings. The molecule has 1 aliphatic heterocycles. The van der Waals surface area contributed by atoms with Crippen LogP contribution in [0.3, 0.4) is 0 Å². The number of hydrogen-bond donors (Lipinski definition) is 0. The summed E-state index contributed by atoms with van der Waals surface area (Å²) in [4.78, 5) is 26.0. The first-order chi connectivity index (χ1) is 13.2. The van der Waals surface area contributed by atoms with Gasteiger partial charge in [0.05, 0.1) is 17.1 Å². The fourth-order valence-corrected chi connectivity index (χ4v) is 3.87. The Morgan fingerprint density at radius 2 is 2.00 bits per heavy atom. The first-order valence-electron chi connectivity index (χ1n) is 9.52. The van der Waals surface area contributed by atoms with Crippen LogP contribution in [-0.4, -0.2) is 51.5 Å². The highest BCUT2D eigenvalue weighted by Gasteiger charge is 2.29. The Morgan fingerprint density at radius 3 is 2.78 bits per heavy atom. The maximum Gasteiger partial charge on any atom is 0.242 e. The van der Waals surface area contributed by atoms with Crippen molar-refractivity contribution in [2.24, 2.45) is 0 Å². The second-order valence-electron chi connectivity index (χ2n) is 7.06. The van der Waals surface area contributed by atoms with Crippen LogP contribution in [0.2, 0.25) is 0 Å². The molecule has 4 rings (SSSR count). The zero-order valence-electron chi connectivity index (χ0n) is 15.9. The van der Waals surface area contributed by atoms with Crippen molar-refractivity contribution in [2.75, 3.05) is 25.0 Å². The summed E-state index contributed by atoms with van der Waals surface area (Å²) in [6.45, 7) is 4.24. The Labute approximate surface area is 159 Å². The van der Waals surface area contributed by atoms with Crippen molar-refractivity contribution in [1.82, 2.24) is 19.4 Å². The van der Waals surface area contributed by atoms with Crippen molar-refractivity contribution < 1.29 is 4.79 Å². The van der Waals surface area contributed by atoms with E-state index in [0.717, 1.165) is 42.8 Å². The van der Waals surface area contributed by atoms with Gasteiger partial charge in [0.25, 0.3) is 0 Å². The molecule has 3 heterocycles. The van der Waals surface area contributed by atoms with E-state index in [1.54, 1.807) is 0 Å². The zero-order chi connectivity index (χ0) is 18.8. The monoisotopic (exact) mass is 363 g/mol. The molecule has 0 saturated carbocycles. The van der Waals surface area contributed by atoms with Crippen molar-refractivity contribution in [1.29, 1.82) is 0 Å². The fourth-order valence-electron chi connectivity index (χ4n) is 3.87. The van der Waals surface area contributed by atoms with Crippen molar-refractivity contribution in [3.05, 3.63) is 54.6 Å². The minimum Gasteiger partial charge on any atom is -0.369 e. The van der Waals surface area contributed by atoms with Crippen LogP contribution >= 0.6 is 0 Å². The van der Waals surface area contributed by atoms with Crippen LogP contribution in [0.15, 0.2) is 48.8 Å². The van der Waals surface area contributed by atoms with E-state index in [2.05, 4.69) is 26.4 Å². The quantitative estimate of drug-likeness (QED) is 0.699. The van der Waals surface area contributed by atoms with Crippen LogP contribution in [0, 0.1) is 0 Å². The van der Waals surface area contributed by atoms with E-state index in [1.165, 1.54) is 5.69 Å². The number of aryl methyl sites for hydroxylation is 1. The maximum atomic E-state index is 13.0. The summed E-state index contributed by atoms with van der Waals surface area (Å²) >= 11 is 0. The van der Waals surface area contributed by atoms with E-state index in [9.17, 15) is 4.79 Å². The van der Waals surface area contributed by atoms with Gasteiger partial charge in [0.2, 0.25) is 5.91 Å². The number of benzene rings is 1. The van der Waals surface area contributed by atoms with E-state index >= 15 is 0 Å². The van der Waals surface area contributed by atoms with Gasteiger partial charge in [-0.25, -0.2) is 4.98 Å². The first kappa shape index (κ1) is 17.5. The summed E-state index contributed by atoms with van der Waals surface area (Å²) < 4.78 is 2.06. The number of hydrogen-bond acceptors (Lipinski definition) is 4. The smallest absolute Gasteiger partial charge is 0.242 e. The molecule has 0 N–H and O–H groups in total. The summed E-state index contributed by atoms with van der Waals surface area (Å²) in [5, 5.41) is 0. The number of para-hydroxylation sites is 2. The van der Waals surface area contributed by atoms with Gasteiger partial charge in [-0.1, -0.05) is 19.1 Å². The SMILES string of the molecule is CCc1nc2ccccc2n1CC(=O)N(C)C1CCN(c2ccncc2)C1. The number of anilines is 1. The minimum atomic E-state index is 0.134. The summed E-state index contributed by atoms with van der Waals surface area (Å²) in [5.41, 5.74) is 3.15. The number of nitrogens with zero attached hydrogens (tertiary/aromatic N) is 5. The lowest BCUT2D eigenvalue weighted by molar-refractivity contribution is -0.132. The van der Waals surface area contributed by atoms with E-state index in [0.29, 0.717) is 6.54 Å². The second-order valence-corrected chi connectivity index (χ2v) is 7.06. The van der Waals surface area contributed by atoms with Gasteiger partial charge in [0.1, 0.15) is 12.4 Å². The number of rotatable bonds is 5. The highest BCUT2D eigenvalue weighted by molar-refractivity contribution is 5.81. The molecule has 1 fully saturated rings. The number of likely N-dealkylation sites (N-methyl/N-ethyl adjacent to an activating group) is 1. The van der Waals surface area contributed by atoms with Gasteiger partial charge >= 0.3 is 0 Å². The van der Waals surface area contributed by atoms with Crippen molar-refractivity contribution in [2.45, 2.75) is 32.4 Å². The van der Waals surface area contributed by atoms with Crippen molar-refractivity contribution in [3.63, 3.8) is 0 Å². The van der Waals surface area contributed by atoms with Crippen LogP contribution < -0.4 is 4.90 Å². The number of amides is 1. The van der Waals surface area contributed by atoms with Crippen LogP contribution in [0.1, 0.15) is 19.2 Å². The fraction of sp³-hybridized carbons (Fsp3) is 0.381. The van der Waals surface area contributed by atoms with Gasteiger partial charge in [-0.2, -0.15) is 0 Å². The summed E-state index contributed by atoms with van der Waals surface area (Å²) in [6.07, 6.45) is 5.42. The number of carbonyl (C=O) groups excluding carboxylic acids is 1. The van der Waals surface area contributed by atoms with Crippen molar-refractivity contribution >= 4 is 22.6 Å². The van der Waals surface area contributed by atoms with E-state index in [1.807, 2.05) is 60.7 Å². The van der Waals surface area contributed by atoms with Crippen LogP contribution in [0.25, 0.3) is 11.0 Å². The van der Waals surface area contributed by atoms with Gasteiger partial charge in [-0.05, 0) is 30.7 Å². The van der Waals surface area contributed by atoms with Gasteiger partial charge in [0.15, 0.2) is 0 Å². The van der Waals surface area contributed by atoms with Crippen molar-refractivity contribution in [3.8, 4) is 0 Å². The predicted molar refractivity (Wildman–Crippen MR) is 107 cm³/mol. The Kier molecular flexibility index (Phi) is 4.79. The molecular weight excluding hydrogens is 338 g/mol. The largest absolute Gasteiger partial charge is 0.369 e. The average molecular weight is 363 g/mol. The molecule has 1 unspecified atom stereocenters. The van der Waals surface area contributed by atoms with Crippen LogP contribution in [0.4, 0.5) is 5.69 Å². The molecule has 1 saturated heterocycles. The standard InChI is InChI=1S/C21H25N5O/c1-3-20-23-18-6-4-5-7-19(18)26(20)15-21(27)24(2)17-10-13-25(14-17)16-8-11-22-12-9-16/h4-9,11-12,17H,3,10,13-15H2,1-2H3. The molecule has 27 heavy (non-hydrogen) atoms. The summed E-state index contributed by atoms with van der Waals surface area (Å²) in [5.74, 6) is 1.09. The number of fused-ring (bicyclic) bond motifs is 1. The molecule has 1 aliphatic rings. The molecule has 6 nitrogen and oxygen atoms in total. The molecule has 1 amide bonds. The zero-order valence-corrected chi connectivity index (χ0v) is 15.9. The molecular formula is C21H25N5O. The maximum absolute atomic E-state index is 13.0. The molecule has 0 bridgehead atoms. The lowest BCUT2D eigenvalue weighted by Crippen LogP contribution is -2.40.